The van der Waals surface area contributed by atoms with Crippen LogP contribution in [0.2, 0.25) is 0 Å². The van der Waals surface area contributed by atoms with E-state index in [0.29, 0.717) is 0 Å². The van der Waals surface area contributed by atoms with Gasteiger partial charge in [-0.05, 0) is 0 Å². The lowest BCUT2D eigenvalue weighted by atomic mass is 9.85. The first-order valence-corrected chi connectivity index (χ1v) is 4.32. The topological polar surface area (TPSA) is 99.4 Å². The summed E-state index contributed by atoms with van der Waals surface area (Å²) in [5.74, 6) is 0. The van der Waals surface area contributed by atoms with Crippen molar-refractivity contribution in [3.8, 4) is 0 Å². The summed E-state index contributed by atoms with van der Waals surface area (Å²) in [5, 5.41) is 37.9. The normalized spacial score (nSPS) is 49.3. The van der Waals surface area contributed by atoms with E-state index in [0.717, 1.165) is 0 Å². The maximum absolute atomic E-state index is 9.61. The van der Waals surface area contributed by atoms with Gasteiger partial charge in [-0.25, -0.2) is 0 Å². The summed E-state index contributed by atoms with van der Waals surface area (Å²) in [6, 6.07) is 0. The SMILES string of the molecule is CO[C@@H]1[C@H](O)[C@H](OC)[C@@H](O)[C@H](O)[C@H]1O. The Morgan fingerprint density at radius 2 is 1.00 bits per heavy atom. The highest BCUT2D eigenvalue weighted by Crippen LogP contribution is 2.24. The standard InChI is InChI=1S/C8H16O6/c1-13-7-4(10)3(9)5(11)8(14-2)6(7)12/h3-12H,1-2H3/t3-,4-,5+,6+,7+,8-. The lowest BCUT2D eigenvalue weighted by Gasteiger charge is -2.42. The Morgan fingerprint density at radius 3 is 1.29 bits per heavy atom. The van der Waals surface area contributed by atoms with E-state index in [4.69, 9.17) is 9.47 Å². The van der Waals surface area contributed by atoms with E-state index in [2.05, 4.69) is 0 Å². The van der Waals surface area contributed by atoms with Crippen LogP contribution in [-0.2, 0) is 9.47 Å². The molecule has 6 heteroatoms. The summed E-state index contributed by atoms with van der Waals surface area (Å²) < 4.78 is 9.63. The van der Waals surface area contributed by atoms with Crippen LogP contribution < -0.4 is 0 Å². The van der Waals surface area contributed by atoms with Crippen molar-refractivity contribution in [1.29, 1.82) is 0 Å². The van der Waals surface area contributed by atoms with Gasteiger partial charge in [0.15, 0.2) is 0 Å². The number of rotatable bonds is 2. The highest BCUT2D eigenvalue weighted by atomic mass is 16.5. The Balaban J connectivity index is 2.82. The molecule has 0 saturated heterocycles. The predicted molar refractivity (Wildman–Crippen MR) is 45.6 cm³/mol. The summed E-state index contributed by atoms with van der Waals surface area (Å²) >= 11 is 0. The van der Waals surface area contributed by atoms with E-state index in [-0.39, 0.29) is 0 Å². The molecular formula is C8H16O6. The summed E-state index contributed by atoms with van der Waals surface area (Å²) in [6.45, 7) is 0. The molecule has 84 valence electrons. The lowest BCUT2D eigenvalue weighted by Crippen LogP contribution is -2.64. The molecule has 0 spiro atoms. The minimum atomic E-state index is -1.38. The number of methoxy groups -OCH3 is 2. The highest BCUT2D eigenvalue weighted by molar-refractivity contribution is 4.99. The number of ether oxygens (including phenoxy) is 2. The van der Waals surface area contributed by atoms with Crippen molar-refractivity contribution in [2.24, 2.45) is 0 Å². The zero-order chi connectivity index (χ0) is 10.9. The fourth-order valence-electron chi connectivity index (χ4n) is 1.74. The van der Waals surface area contributed by atoms with Crippen LogP contribution in [0.25, 0.3) is 0 Å². The van der Waals surface area contributed by atoms with E-state index in [1.165, 1.54) is 14.2 Å². The Kier molecular flexibility index (Phi) is 3.82. The fourth-order valence-corrected chi connectivity index (χ4v) is 1.74. The Bertz CT molecular complexity index is 169. The smallest absolute Gasteiger partial charge is 0.114 e. The van der Waals surface area contributed by atoms with Gasteiger partial charge in [-0.2, -0.15) is 0 Å². The van der Waals surface area contributed by atoms with Gasteiger partial charge in [0.25, 0.3) is 0 Å². The Hall–Kier alpha value is -0.240. The molecule has 0 aliphatic heterocycles. The molecule has 0 bridgehead atoms. The van der Waals surface area contributed by atoms with Gasteiger partial charge in [0.1, 0.15) is 36.6 Å². The summed E-state index contributed by atoms with van der Waals surface area (Å²) in [4.78, 5) is 0. The molecule has 0 aromatic heterocycles. The third-order valence-electron chi connectivity index (χ3n) is 2.59. The minimum Gasteiger partial charge on any atom is -0.387 e. The zero-order valence-corrected chi connectivity index (χ0v) is 8.07. The van der Waals surface area contributed by atoms with Gasteiger partial charge in [-0.15, -0.1) is 0 Å². The van der Waals surface area contributed by atoms with Gasteiger partial charge >= 0.3 is 0 Å². The maximum atomic E-state index is 9.61. The summed E-state index contributed by atoms with van der Waals surface area (Å²) in [6.07, 6.45) is -7.11. The molecule has 0 radical (unpaired) electrons. The molecule has 1 rings (SSSR count). The van der Waals surface area contributed by atoms with Crippen LogP contribution in [-0.4, -0.2) is 71.3 Å². The first-order valence-electron chi connectivity index (χ1n) is 4.32. The van der Waals surface area contributed by atoms with Crippen LogP contribution in [0.15, 0.2) is 0 Å². The molecule has 0 amide bonds. The molecule has 0 aromatic rings. The molecule has 4 N–H and O–H groups in total. The average molecular weight is 208 g/mol. The molecule has 1 saturated carbocycles. The molecule has 6 atom stereocenters. The molecule has 6 nitrogen and oxygen atoms in total. The number of hydrogen-bond donors (Lipinski definition) is 4. The van der Waals surface area contributed by atoms with Crippen molar-refractivity contribution >= 4 is 0 Å². The fraction of sp³-hybridized carbons (Fsp3) is 1.00. The van der Waals surface area contributed by atoms with E-state index in [1.54, 1.807) is 0 Å². The first-order chi connectivity index (χ1) is 6.54. The van der Waals surface area contributed by atoms with Crippen LogP contribution in [0, 0.1) is 0 Å². The van der Waals surface area contributed by atoms with Crippen molar-refractivity contribution < 1.29 is 29.9 Å². The van der Waals surface area contributed by atoms with Crippen molar-refractivity contribution in [3.05, 3.63) is 0 Å². The lowest BCUT2D eigenvalue weighted by molar-refractivity contribution is -0.235. The monoisotopic (exact) mass is 208 g/mol. The maximum Gasteiger partial charge on any atom is 0.114 e. The van der Waals surface area contributed by atoms with Gasteiger partial charge in [0, 0.05) is 14.2 Å². The number of hydrogen-bond acceptors (Lipinski definition) is 6. The Labute approximate surface area is 81.7 Å². The average Bonchev–Trinajstić information content (AvgIpc) is 2.16. The molecule has 0 heterocycles. The molecular weight excluding hydrogens is 192 g/mol. The Morgan fingerprint density at radius 1 is 0.643 bits per heavy atom. The van der Waals surface area contributed by atoms with Crippen molar-refractivity contribution in [1.82, 2.24) is 0 Å². The van der Waals surface area contributed by atoms with E-state index >= 15 is 0 Å². The van der Waals surface area contributed by atoms with Crippen LogP contribution in [0.1, 0.15) is 0 Å². The first kappa shape index (κ1) is 11.8. The number of aliphatic hydroxyl groups is 4. The highest BCUT2D eigenvalue weighted by Gasteiger charge is 2.49. The molecule has 1 aliphatic rings. The molecule has 1 fully saturated rings. The van der Waals surface area contributed by atoms with Crippen LogP contribution in [0.4, 0.5) is 0 Å². The summed E-state index contributed by atoms with van der Waals surface area (Å²) in [5.41, 5.74) is 0. The molecule has 0 unspecified atom stereocenters. The van der Waals surface area contributed by atoms with Crippen LogP contribution in [0.5, 0.6) is 0 Å². The van der Waals surface area contributed by atoms with Crippen LogP contribution in [0.3, 0.4) is 0 Å². The molecule has 14 heavy (non-hydrogen) atoms. The van der Waals surface area contributed by atoms with E-state index in [9.17, 15) is 20.4 Å². The predicted octanol–water partition coefficient (Wildman–Crippen LogP) is -2.53. The van der Waals surface area contributed by atoms with Crippen molar-refractivity contribution in [2.75, 3.05) is 14.2 Å². The van der Waals surface area contributed by atoms with E-state index in [1.807, 2.05) is 0 Å². The van der Waals surface area contributed by atoms with Gasteiger partial charge < -0.3 is 29.9 Å². The van der Waals surface area contributed by atoms with E-state index < -0.39 is 36.6 Å². The third-order valence-corrected chi connectivity index (χ3v) is 2.59. The second-order valence-corrected chi connectivity index (χ2v) is 3.36. The van der Waals surface area contributed by atoms with Gasteiger partial charge in [0.05, 0.1) is 0 Å². The quantitative estimate of drug-likeness (QED) is 0.399. The molecule has 0 aromatic carbocycles. The third kappa shape index (κ3) is 1.77. The van der Waals surface area contributed by atoms with Gasteiger partial charge in [-0.3, -0.25) is 0 Å². The summed E-state index contributed by atoms with van der Waals surface area (Å²) in [7, 11) is 2.60. The van der Waals surface area contributed by atoms with Gasteiger partial charge in [0.2, 0.25) is 0 Å². The second kappa shape index (κ2) is 4.52. The largest absolute Gasteiger partial charge is 0.387 e. The van der Waals surface area contributed by atoms with Crippen LogP contribution >= 0.6 is 0 Å². The van der Waals surface area contributed by atoms with Crippen molar-refractivity contribution in [2.45, 2.75) is 36.6 Å². The van der Waals surface area contributed by atoms with Crippen molar-refractivity contribution in [3.63, 3.8) is 0 Å². The van der Waals surface area contributed by atoms with Gasteiger partial charge in [-0.1, -0.05) is 0 Å². The number of aliphatic hydroxyl groups excluding tert-OH is 4. The zero-order valence-electron chi connectivity index (χ0n) is 8.07. The minimum absolute atomic E-state index is 0.960. The molecule has 1 aliphatic carbocycles. The second-order valence-electron chi connectivity index (χ2n) is 3.36.